The molecule has 0 saturated carbocycles. The molecule has 0 aliphatic carbocycles. The van der Waals surface area contributed by atoms with Gasteiger partial charge in [0, 0.05) is 36.4 Å². The summed E-state index contributed by atoms with van der Waals surface area (Å²) >= 11 is 0. The lowest BCUT2D eigenvalue weighted by Crippen LogP contribution is -2.42. The molecule has 2 N–H and O–H groups in total. The van der Waals surface area contributed by atoms with Gasteiger partial charge in [0.15, 0.2) is 0 Å². The van der Waals surface area contributed by atoms with Crippen LogP contribution in [0.15, 0.2) is 76.9 Å². The van der Waals surface area contributed by atoms with Crippen LogP contribution in [0.5, 0.6) is 0 Å². The van der Waals surface area contributed by atoms with Crippen molar-refractivity contribution in [3.05, 3.63) is 95.0 Å². The van der Waals surface area contributed by atoms with Gasteiger partial charge in [-0.15, -0.1) is 0 Å². The van der Waals surface area contributed by atoms with Gasteiger partial charge in [0.1, 0.15) is 5.76 Å². The molecule has 5 heteroatoms. The average molecular weight is 472 g/mol. The number of likely N-dealkylation sites (tertiary alicyclic amines) is 1. The van der Waals surface area contributed by atoms with Gasteiger partial charge in [-0.3, -0.25) is 9.69 Å². The summed E-state index contributed by atoms with van der Waals surface area (Å²) in [6.07, 6.45) is 3.71. The molecule has 0 spiro atoms. The monoisotopic (exact) mass is 471 g/mol. The second kappa shape index (κ2) is 11.0. The van der Waals surface area contributed by atoms with Crippen LogP contribution >= 0.6 is 0 Å². The van der Waals surface area contributed by atoms with E-state index in [1.165, 1.54) is 11.1 Å². The van der Waals surface area contributed by atoms with Crippen LogP contribution in [0.3, 0.4) is 0 Å². The van der Waals surface area contributed by atoms with E-state index in [-0.39, 0.29) is 18.0 Å². The Morgan fingerprint density at radius 3 is 2.14 bits per heavy atom. The summed E-state index contributed by atoms with van der Waals surface area (Å²) < 4.78 is 5.54. The van der Waals surface area contributed by atoms with Crippen LogP contribution < -0.4 is 5.73 Å². The Bertz CT molecular complexity index is 1140. The van der Waals surface area contributed by atoms with E-state index in [0.717, 1.165) is 60.6 Å². The number of nitrogens with zero attached hydrogens (tertiary/aromatic N) is 2. The van der Waals surface area contributed by atoms with Gasteiger partial charge < -0.3 is 15.1 Å². The van der Waals surface area contributed by atoms with Crippen LogP contribution in [0.2, 0.25) is 0 Å². The van der Waals surface area contributed by atoms with Crippen molar-refractivity contribution < 1.29 is 9.21 Å². The van der Waals surface area contributed by atoms with Gasteiger partial charge in [-0.05, 0) is 93.6 Å². The molecule has 1 fully saturated rings. The SMILES string of the molecule is CC(C)N(C(=O)c1ccc(C(=C2CCN(Cc3ccco3)CC2)c2cccc(N)c2)cc1)C(C)C. The predicted octanol–water partition coefficient (Wildman–Crippen LogP) is 6.22. The zero-order valence-corrected chi connectivity index (χ0v) is 21.3. The first-order valence-corrected chi connectivity index (χ1v) is 12.6. The second-order valence-electron chi connectivity index (χ2n) is 9.94. The van der Waals surface area contributed by atoms with Crippen molar-refractivity contribution in [1.29, 1.82) is 0 Å². The van der Waals surface area contributed by atoms with Gasteiger partial charge in [0.2, 0.25) is 0 Å². The van der Waals surface area contributed by atoms with Crippen LogP contribution in [0, 0.1) is 0 Å². The van der Waals surface area contributed by atoms with E-state index in [2.05, 4.69) is 56.9 Å². The predicted molar refractivity (Wildman–Crippen MR) is 143 cm³/mol. The zero-order chi connectivity index (χ0) is 24.9. The van der Waals surface area contributed by atoms with Crippen molar-refractivity contribution in [3.63, 3.8) is 0 Å². The highest BCUT2D eigenvalue weighted by atomic mass is 16.3. The van der Waals surface area contributed by atoms with Crippen molar-refractivity contribution in [2.45, 2.75) is 59.2 Å². The Labute approximate surface area is 209 Å². The molecule has 1 amide bonds. The van der Waals surface area contributed by atoms with Crippen LogP contribution in [-0.4, -0.2) is 40.9 Å². The zero-order valence-electron chi connectivity index (χ0n) is 21.3. The second-order valence-corrected chi connectivity index (χ2v) is 9.94. The number of anilines is 1. The van der Waals surface area contributed by atoms with E-state index >= 15 is 0 Å². The van der Waals surface area contributed by atoms with Crippen LogP contribution in [0.1, 0.15) is 67.8 Å². The molecule has 0 atom stereocenters. The molecule has 3 aromatic rings. The lowest BCUT2D eigenvalue weighted by molar-refractivity contribution is 0.0643. The number of carbonyl (C=O) groups is 1. The number of amides is 1. The number of carbonyl (C=O) groups excluding carboxylic acids is 1. The third-order valence-electron chi connectivity index (χ3n) is 6.72. The maximum absolute atomic E-state index is 13.2. The summed E-state index contributed by atoms with van der Waals surface area (Å²) in [6.45, 7) is 11.1. The van der Waals surface area contributed by atoms with Crippen molar-refractivity contribution in [1.82, 2.24) is 9.80 Å². The first-order chi connectivity index (χ1) is 16.8. The summed E-state index contributed by atoms with van der Waals surface area (Å²) in [6, 6.07) is 20.5. The minimum atomic E-state index is 0.0749. The molecule has 1 aliphatic rings. The molecule has 2 heterocycles. The lowest BCUT2D eigenvalue weighted by atomic mass is 9.87. The molecular formula is C30H37N3O2. The number of nitrogens with two attached hydrogens (primary N) is 1. The summed E-state index contributed by atoms with van der Waals surface area (Å²) in [7, 11) is 0. The number of furan rings is 1. The van der Waals surface area contributed by atoms with E-state index in [1.807, 2.05) is 41.3 Å². The number of hydrogen-bond donors (Lipinski definition) is 1. The van der Waals surface area contributed by atoms with E-state index in [0.29, 0.717) is 0 Å². The van der Waals surface area contributed by atoms with Crippen molar-refractivity contribution >= 4 is 17.2 Å². The van der Waals surface area contributed by atoms with Gasteiger partial charge in [0.25, 0.3) is 5.91 Å². The van der Waals surface area contributed by atoms with E-state index < -0.39 is 0 Å². The summed E-state index contributed by atoms with van der Waals surface area (Å²) in [5.74, 6) is 1.08. The van der Waals surface area contributed by atoms with Gasteiger partial charge in [-0.25, -0.2) is 0 Å². The first kappa shape index (κ1) is 24.8. The minimum absolute atomic E-state index is 0.0749. The molecule has 5 nitrogen and oxygen atoms in total. The molecule has 2 aromatic carbocycles. The molecule has 0 bridgehead atoms. The molecule has 0 unspecified atom stereocenters. The van der Waals surface area contributed by atoms with Crippen LogP contribution in [0.4, 0.5) is 5.69 Å². The van der Waals surface area contributed by atoms with Crippen molar-refractivity contribution in [2.24, 2.45) is 0 Å². The minimum Gasteiger partial charge on any atom is -0.468 e. The number of nitrogen functional groups attached to an aromatic ring is 1. The average Bonchev–Trinajstić information content (AvgIpc) is 3.33. The molecular weight excluding hydrogens is 434 g/mol. The number of rotatable bonds is 7. The van der Waals surface area contributed by atoms with Crippen molar-refractivity contribution in [2.75, 3.05) is 18.8 Å². The smallest absolute Gasteiger partial charge is 0.254 e. The molecule has 35 heavy (non-hydrogen) atoms. The lowest BCUT2D eigenvalue weighted by Gasteiger charge is -2.31. The summed E-state index contributed by atoms with van der Waals surface area (Å²) in [5, 5.41) is 0. The number of benzene rings is 2. The quantitative estimate of drug-likeness (QED) is 0.416. The standard InChI is InChI=1S/C30H37N3O2/c1-21(2)33(22(3)4)30(34)25-12-10-23(11-13-25)29(26-7-5-8-27(31)19-26)24-14-16-32(17-15-24)20-28-9-6-18-35-28/h5-13,18-19,21-22H,14-17,20,31H2,1-4H3. The third kappa shape index (κ3) is 5.85. The highest BCUT2D eigenvalue weighted by Gasteiger charge is 2.23. The summed E-state index contributed by atoms with van der Waals surface area (Å²) in [4.78, 5) is 17.5. The maximum Gasteiger partial charge on any atom is 0.254 e. The van der Waals surface area contributed by atoms with Gasteiger partial charge in [-0.2, -0.15) is 0 Å². The fourth-order valence-electron chi connectivity index (χ4n) is 5.12. The molecule has 1 aromatic heterocycles. The maximum atomic E-state index is 13.2. The van der Waals surface area contributed by atoms with E-state index in [4.69, 9.17) is 10.2 Å². The number of piperidine rings is 1. The van der Waals surface area contributed by atoms with Gasteiger partial charge >= 0.3 is 0 Å². The normalized spacial score (nSPS) is 14.5. The molecule has 184 valence electrons. The first-order valence-electron chi connectivity index (χ1n) is 12.6. The molecule has 1 saturated heterocycles. The van der Waals surface area contributed by atoms with Gasteiger partial charge in [-0.1, -0.05) is 29.8 Å². The van der Waals surface area contributed by atoms with E-state index in [1.54, 1.807) is 6.26 Å². The summed E-state index contributed by atoms with van der Waals surface area (Å²) in [5.41, 5.74) is 12.6. The van der Waals surface area contributed by atoms with Gasteiger partial charge in [0.05, 0.1) is 12.8 Å². The highest BCUT2D eigenvalue weighted by Crippen LogP contribution is 2.34. The number of hydrogen-bond acceptors (Lipinski definition) is 4. The molecule has 1 aliphatic heterocycles. The van der Waals surface area contributed by atoms with Crippen molar-refractivity contribution in [3.8, 4) is 0 Å². The molecule has 0 radical (unpaired) electrons. The van der Waals surface area contributed by atoms with Crippen LogP contribution in [0.25, 0.3) is 5.57 Å². The van der Waals surface area contributed by atoms with Crippen LogP contribution in [-0.2, 0) is 6.54 Å². The third-order valence-corrected chi connectivity index (χ3v) is 6.72. The fourth-order valence-corrected chi connectivity index (χ4v) is 5.12. The Hall–Kier alpha value is -3.31. The largest absolute Gasteiger partial charge is 0.468 e. The Morgan fingerprint density at radius 2 is 1.57 bits per heavy atom. The van der Waals surface area contributed by atoms with E-state index in [9.17, 15) is 4.79 Å². The Kier molecular flexibility index (Phi) is 7.76. The Morgan fingerprint density at radius 1 is 0.914 bits per heavy atom. The topological polar surface area (TPSA) is 62.7 Å². The Balaban J connectivity index is 1.62. The molecule has 4 rings (SSSR count). The fraction of sp³-hybridized carbons (Fsp3) is 0.367. The highest BCUT2D eigenvalue weighted by molar-refractivity contribution is 5.95.